The Hall–Kier alpha value is -2.11. The van der Waals surface area contributed by atoms with Crippen molar-refractivity contribution in [1.29, 1.82) is 0 Å². The van der Waals surface area contributed by atoms with Crippen molar-refractivity contribution in [3.8, 4) is 0 Å². The van der Waals surface area contributed by atoms with Crippen LogP contribution in [0, 0.1) is 0 Å². The topological polar surface area (TPSA) is 88.3 Å². The highest BCUT2D eigenvalue weighted by molar-refractivity contribution is 5.88. The molecule has 0 aliphatic carbocycles. The minimum absolute atomic E-state index is 0.00619. The van der Waals surface area contributed by atoms with Crippen molar-refractivity contribution in [2.45, 2.75) is 38.6 Å². The molecule has 1 aliphatic rings. The number of nitrogens with zero attached hydrogens (tertiary/aromatic N) is 2. The van der Waals surface area contributed by atoms with Gasteiger partial charge in [-0.05, 0) is 38.3 Å². The lowest BCUT2D eigenvalue weighted by Gasteiger charge is -2.29. The molecule has 2 amide bonds. The molecule has 0 spiro atoms. The molecule has 1 saturated heterocycles. The van der Waals surface area contributed by atoms with E-state index in [-0.39, 0.29) is 18.2 Å². The molecule has 0 radical (unpaired) electrons. The summed E-state index contributed by atoms with van der Waals surface area (Å²) in [6, 6.07) is 2.92. The third-order valence-corrected chi connectivity index (χ3v) is 3.60. The first-order valence-corrected chi connectivity index (χ1v) is 7.35. The molecule has 114 valence electrons. The second-order valence-corrected chi connectivity index (χ2v) is 5.43. The van der Waals surface area contributed by atoms with Crippen LogP contribution in [0.4, 0.5) is 5.69 Å². The number of nitrogens with one attached hydrogen (secondary N) is 1. The average molecular weight is 290 g/mol. The highest BCUT2D eigenvalue weighted by atomic mass is 16.2. The minimum Gasteiger partial charge on any atom is -0.397 e. The molecule has 21 heavy (non-hydrogen) atoms. The number of aromatic nitrogens is 1. The van der Waals surface area contributed by atoms with Crippen LogP contribution in [-0.2, 0) is 16.0 Å². The van der Waals surface area contributed by atoms with Gasteiger partial charge in [0.2, 0.25) is 11.8 Å². The maximum absolute atomic E-state index is 12.2. The summed E-state index contributed by atoms with van der Waals surface area (Å²) in [5.41, 5.74) is 6.75. The summed E-state index contributed by atoms with van der Waals surface area (Å²) in [6.07, 6.45) is 4.93. The zero-order valence-corrected chi connectivity index (χ0v) is 12.3. The lowest BCUT2D eigenvalue weighted by atomic mass is 10.1. The van der Waals surface area contributed by atoms with Gasteiger partial charge in [0, 0.05) is 18.8 Å². The molecule has 1 aliphatic heterocycles. The third kappa shape index (κ3) is 4.44. The van der Waals surface area contributed by atoms with Gasteiger partial charge in [-0.25, -0.2) is 0 Å². The van der Waals surface area contributed by atoms with E-state index in [1.54, 1.807) is 19.1 Å². The van der Waals surface area contributed by atoms with Crippen molar-refractivity contribution in [2.75, 3.05) is 18.8 Å². The highest BCUT2D eigenvalue weighted by Crippen LogP contribution is 2.10. The van der Waals surface area contributed by atoms with E-state index in [0.29, 0.717) is 11.4 Å². The Balaban J connectivity index is 1.83. The molecule has 3 N–H and O–H groups in total. The van der Waals surface area contributed by atoms with Gasteiger partial charge in [-0.3, -0.25) is 14.6 Å². The summed E-state index contributed by atoms with van der Waals surface area (Å²) in [5, 5.41) is 2.74. The summed E-state index contributed by atoms with van der Waals surface area (Å²) in [5.74, 6) is -0.210. The molecule has 1 atom stereocenters. The van der Waals surface area contributed by atoms with Crippen molar-refractivity contribution in [1.82, 2.24) is 15.2 Å². The van der Waals surface area contributed by atoms with Gasteiger partial charge in [0.1, 0.15) is 6.04 Å². The van der Waals surface area contributed by atoms with Crippen LogP contribution >= 0.6 is 0 Å². The standard InChI is InChI=1S/C15H22N4O2/c1-11(15(21)19-7-3-2-4-8-19)18-14(20)9-13-6-5-12(16)10-17-13/h5-6,10-11H,2-4,7-9,16H2,1H3,(H,18,20). The van der Waals surface area contributed by atoms with Crippen LogP contribution in [0.3, 0.4) is 0 Å². The fourth-order valence-electron chi connectivity index (χ4n) is 2.45. The number of carbonyl (C=O) groups is 2. The van der Waals surface area contributed by atoms with Crippen molar-refractivity contribution in [2.24, 2.45) is 0 Å². The number of pyridine rings is 1. The van der Waals surface area contributed by atoms with Gasteiger partial charge in [0.25, 0.3) is 0 Å². The normalized spacial score (nSPS) is 16.3. The van der Waals surface area contributed by atoms with Crippen molar-refractivity contribution >= 4 is 17.5 Å². The Morgan fingerprint density at radius 1 is 1.33 bits per heavy atom. The second-order valence-electron chi connectivity index (χ2n) is 5.43. The SMILES string of the molecule is CC(NC(=O)Cc1ccc(N)cn1)C(=O)N1CCCCC1. The minimum atomic E-state index is -0.496. The van der Waals surface area contributed by atoms with Crippen LogP contribution in [0.25, 0.3) is 0 Å². The number of piperidine rings is 1. The smallest absolute Gasteiger partial charge is 0.244 e. The molecule has 1 aromatic rings. The summed E-state index contributed by atoms with van der Waals surface area (Å²) >= 11 is 0. The molecule has 0 bridgehead atoms. The second kappa shape index (κ2) is 7.06. The molecule has 1 unspecified atom stereocenters. The molecular weight excluding hydrogens is 268 g/mol. The Morgan fingerprint density at radius 3 is 2.67 bits per heavy atom. The van der Waals surface area contributed by atoms with E-state index in [1.165, 1.54) is 12.6 Å². The molecule has 0 aromatic carbocycles. The molecule has 6 heteroatoms. The Morgan fingerprint density at radius 2 is 2.05 bits per heavy atom. The fourth-order valence-corrected chi connectivity index (χ4v) is 2.45. The van der Waals surface area contributed by atoms with Gasteiger partial charge in [0.05, 0.1) is 18.3 Å². The maximum Gasteiger partial charge on any atom is 0.244 e. The predicted molar refractivity (Wildman–Crippen MR) is 80.4 cm³/mol. The third-order valence-electron chi connectivity index (χ3n) is 3.60. The molecule has 0 saturated carbocycles. The number of likely N-dealkylation sites (tertiary alicyclic amines) is 1. The van der Waals surface area contributed by atoms with E-state index < -0.39 is 6.04 Å². The van der Waals surface area contributed by atoms with E-state index in [0.717, 1.165) is 25.9 Å². The first kappa shape index (κ1) is 15.3. The van der Waals surface area contributed by atoms with Crippen LogP contribution in [0.2, 0.25) is 0 Å². The van der Waals surface area contributed by atoms with Gasteiger partial charge >= 0.3 is 0 Å². The van der Waals surface area contributed by atoms with E-state index in [2.05, 4.69) is 10.3 Å². The van der Waals surface area contributed by atoms with Crippen LogP contribution in [0.1, 0.15) is 31.9 Å². The molecule has 2 rings (SSSR count). The number of nitrogen functional groups attached to an aromatic ring is 1. The Labute approximate surface area is 124 Å². The number of rotatable bonds is 4. The molecule has 6 nitrogen and oxygen atoms in total. The summed E-state index contributed by atoms with van der Waals surface area (Å²) in [6.45, 7) is 3.31. The first-order valence-electron chi connectivity index (χ1n) is 7.35. The van der Waals surface area contributed by atoms with Crippen LogP contribution in [0.5, 0.6) is 0 Å². The number of nitrogens with two attached hydrogens (primary N) is 1. The predicted octanol–water partition coefficient (Wildman–Crippen LogP) is 0.723. The number of carbonyl (C=O) groups excluding carboxylic acids is 2. The number of hydrogen-bond acceptors (Lipinski definition) is 4. The van der Waals surface area contributed by atoms with Gasteiger partial charge in [-0.2, -0.15) is 0 Å². The zero-order valence-electron chi connectivity index (χ0n) is 12.3. The average Bonchev–Trinajstić information content (AvgIpc) is 2.49. The molecule has 1 aromatic heterocycles. The van der Waals surface area contributed by atoms with E-state index in [9.17, 15) is 9.59 Å². The quantitative estimate of drug-likeness (QED) is 0.855. The lowest BCUT2D eigenvalue weighted by molar-refractivity contribution is -0.136. The molecular formula is C15H22N4O2. The summed E-state index contributed by atoms with van der Waals surface area (Å²) < 4.78 is 0. The van der Waals surface area contributed by atoms with Crippen molar-refractivity contribution in [3.63, 3.8) is 0 Å². The monoisotopic (exact) mass is 290 g/mol. The van der Waals surface area contributed by atoms with Crippen molar-refractivity contribution in [3.05, 3.63) is 24.0 Å². The summed E-state index contributed by atoms with van der Waals surface area (Å²) in [4.78, 5) is 30.1. The van der Waals surface area contributed by atoms with Crippen molar-refractivity contribution < 1.29 is 9.59 Å². The molecule has 2 heterocycles. The van der Waals surface area contributed by atoms with Gasteiger partial charge in [-0.1, -0.05) is 0 Å². The first-order chi connectivity index (χ1) is 10.1. The Bertz CT molecular complexity index is 495. The number of anilines is 1. The zero-order chi connectivity index (χ0) is 15.2. The van der Waals surface area contributed by atoms with E-state index >= 15 is 0 Å². The van der Waals surface area contributed by atoms with Crippen LogP contribution in [0.15, 0.2) is 18.3 Å². The van der Waals surface area contributed by atoms with E-state index in [4.69, 9.17) is 5.73 Å². The highest BCUT2D eigenvalue weighted by Gasteiger charge is 2.23. The van der Waals surface area contributed by atoms with Gasteiger partial charge in [0.15, 0.2) is 0 Å². The number of amides is 2. The largest absolute Gasteiger partial charge is 0.397 e. The Kier molecular flexibility index (Phi) is 5.14. The maximum atomic E-state index is 12.2. The number of hydrogen-bond donors (Lipinski definition) is 2. The van der Waals surface area contributed by atoms with E-state index in [1.807, 2.05) is 4.90 Å². The summed E-state index contributed by atoms with van der Waals surface area (Å²) in [7, 11) is 0. The lowest BCUT2D eigenvalue weighted by Crippen LogP contribution is -2.48. The van der Waals surface area contributed by atoms with Gasteiger partial charge in [-0.15, -0.1) is 0 Å². The fraction of sp³-hybridized carbons (Fsp3) is 0.533. The molecule has 1 fully saturated rings. The van der Waals surface area contributed by atoms with Gasteiger partial charge < -0.3 is 16.0 Å². The van der Waals surface area contributed by atoms with Crippen LogP contribution < -0.4 is 11.1 Å². The van der Waals surface area contributed by atoms with Crippen LogP contribution in [-0.4, -0.2) is 40.8 Å².